The van der Waals surface area contributed by atoms with E-state index in [9.17, 15) is 0 Å². The fourth-order valence-corrected chi connectivity index (χ4v) is 7.87. The third-order valence-electron chi connectivity index (χ3n) is 8.93. The summed E-state index contributed by atoms with van der Waals surface area (Å²) in [6.45, 7) is 0. The van der Waals surface area contributed by atoms with Crippen molar-refractivity contribution < 1.29 is 0 Å². The van der Waals surface area contributed by atoms with Crippen LogP contribution in [0.3, 0.4) is 0 Å². The van der Waals surface area contributed by atoms with E-state index in [1.54, 1.807) is 0 Å². The van der Waals surface area contributed by atoms with Crippen molar-refractivity contribution in [3.63, 3.8) is 0 Å². The topological polar surface area (TPSA) is 25.8 Å². The maximum Gasteiger partial charge on any atom is 0.161 e. The molecule has 7 aromatic carbocycles. The summed E-state index contributed by atoms with van der Waals surface area (Å²) in [5.41, 5.74) is 9.90. The maximum atomic E-state index is 5.19. The molecule has 0 amide bonds. The highest BCUT2D eigenvalue weighted by Gasteiger charge is 2.19. The quantitative estimate of drug-likeness (QED) is 0.192. The van der Waals surface area contributed by atoms with Crippen molar-refractivity contribution in [1.82, 2.24) is 9.97 Å². The molecule has 0 aliphatic rings. The van der Waals surface area contributed by atoms with E-state index in [4.69, 9.17) is 9.97 Å². The van der Waals surface area contributed by atoms with E-state index >= 15 is 0 Å². The first-order chi connectivity index (χ1) is 23.3. The Labute approximate surface area is 277 Å². The molecule has 2 heterocycles. The molecule has 2 aromatic heterocycles. The molecule has 220 valence electrons. The molecule has 0 spiro atoms. The van der Waals surface area contributed by atoms with E-state index < -0.39 is 0 Å². The summed E-state index contributed by atoms with van der Waals surface area (Å²) in [6, 6.07) is 60.2. The van der Waals surface area contributed by atoms with Gasteiger partial charge in [0.1, 0.15) is 0 Å². The molecule has 9 aromatic rings. The zero-order chi connectivity index (χ0) is 31.2. The largest absolute Gasteiger partial charge is 0.228 e. The number of rotatable bonds is 5. The average molecular weight is 617 g/mol. The van der Waals surface area contributed by atoms with Crippen LogP contribution in [-0.4, -0.2) is 9.97 Å². The molecular formula is C44H28N2S. The van der Waals surface area contributed by atoms with Crippen LogP contribution < -0.4 is 0 Å². The molecule has 9 rings (SSSR count). The first-order valence-electron chi connectivity index (χ1n) is 15.8. The lowest BCUT2D eigenvalue weighted by molar-refractivity contribution is 1.19. The van der Waals surface area contributed by atoms with Gasteiger partial charge in [0.05, 0.1) is 11.4 Å². The molecule has 0 aliphatic heterocycles. The molecule has 0 saturated carbocycles. The summed E-state index contributed by atoms with van der Waals surface area (Å²) in [4.78, 5) is 10.4. The third-order valence-corrected chi connectivity index (χ3v) is 10.1. The Kier molecular flexibility index (Phi) is 6.69. The normalized spacial score (nSPS) is 11.4. The van der Waals surface area contributed by atoms with Gasteiger partial charge in [-0.05, 0) is 51.2 Å². The minimum absolute atomic E-state index is 0.736. The average Bonchev–Trinajstić information content (AvgIpc) is 3.55. The Bertz CT molecular complexity index is 2490. The number of thiophene rings is 1. The number of fused-ring (bicyclic) bond motifs is 4. The summed E-state index contributed by atoms with van der Waals surface area (Å²) in [5, 5.41) is 5.02. The number of aromatic nitrogens is 2. The van der Waals surface area contributed by atoms with Gasteiger partial charge in [0.15, 0.2) is 5.82 Å². The van der Waals surface area contributed by atoms with E-state index in [-0.39, 0.29) is 0 Å². The minimum atomic E-state index is 0.736. The molecule has 2 nitrogen and oxygen atoms in total. The predicted octanol–water partition coefficient (Wildman–Crippen LogP) is 12.3. The number of hydrogen-bond donors (Lipinski definition) is 0. The lowest BCUT2D eigenvalue weighted by Gasteiger charge is -2.12. The third kappa shape index (κ3) is 4.89. The first kappa shape index (κ1) is 27.4. The molecule has 0 saturated heterocycles. The summed E-state index contributed by atoms with van der Waals surface area (Å²) in [5.74, 6) is 0.736. The van der Waals surface area contributed by atoms with Crippen LogP contribution in [0, 0.1) is 0 Å². The lowest BCUT2D eigenvalue weighted by Crippen LogP contribution is -1.96. The van der Waals surface area contributed by atoms with Crippen LogP contribution in [0.2, 0.25) is 0 Å². The van der Waals surface area contributed by atoms with Crippen LogP contribution in [-0.2, 0) is 0 Å². The van der Waals surface area contributed by atoms with E-state index in [0.29, 0.717) is 0 Å². The Hall–Kier alpha value is -5.90. The number of hydrogen-bond acceptors (Lipinski definition) is 3. The molecule has 0 unspecified atom stereocenters. The van der Waals surface area contributed by atoms with Gasteiger partial charge in [0.2, 0.25) is 0 Å². The second-order valence-corrected chi connectivity index (χ2v) is 12.8. The van der Waals surface area contributed by atoms with Gasteiger partial charge >= 0.3 is 0 Å². The fourth-order valence-electron chi connectivity index (χ4n) is 6.63. The standard InChI is InChI=1S/C44H28N2S/c1-3-13-32(14-4-1)39-28-40(33-15-5-2-6-16-33)46-44(45-39)38-27-26-36(42-37-19-9-10-21-41(37)47-43(38)42)31-24-22-30(23-25-31)35-20-11-17-29-12-7-8-18-34(29)35/h1-28H. The molecule has 0 N–H and O–H groups in total. The monoisotopic (exact) mass is 616 g/mol. The first-order valence-corrected chi connectivity index (χ1v) is 16.6. The van der Waals surface area contributed by atoms with E-state index in [0.717, 1.165) is 33.9 Å². The Morgan fingerprint density at radius 3 is 1.64 bits per heavy atom. The zero-order valence-electron chi connectivity index (χ0n) is 25.5. The van der Waals surface area contributed by atoms with Gasteiger partial charge in [-0.25, -0.2) is 9.97 Å². The van der Waals surface area contributed by atoms with Crippen molar-refractivity contribution in [3.05, 3.63) is 170 Å². The molecule has 0 fully saturated rings. The van der Waals surface area contributed by atoms with Gasteiger partial charge in [-0.2, -0.15) is 0 Å². The second kappa shape index (κ2) is 11.5. The highest BCUT2D eigenvalue weighted by Crippen LogP contribution is 2.45. The Morgan fingerprint density at radius 1 is 0.383 bits per heavy atom. The van der Waals surface area contributed by atoms with Crippen molar-refractivity contribution in [2.75, 3.05) is 0 Å². The van der Waals surface area contributed by atoms with Crippen molar-refractivity contribution in [2.24, 2.45) is 0 Å². The van der Waals surface area contributed by atoms with Crippen molar-refractivity contribution in [1.29, 1.82) is 0 Å². The molecular weight excluding hydrogens is 589 g/mol. The molecule has 0 bridgehead atoms. The van der Waals surface area contributed by atoms with Gasteiger partial charge < -0.3 is 0 Å². The van der Waals surface area contributed by atoms with Crippen molar-refractivity contribution >= 4 is 42.3 Å². The number of nitrogens with zero attached hydrogens (tertiary/aromatic N) is 2. The van der Waals surface area contributed by atoms with Crippen LogP contribution in [0.1, 0.15) is 0 Å². The van der Waals surface area contributed by atoms with Crippen molar-refractivity contribution in [3.8, 4) is 56.2 Å². The number of benzene rings is 7. The molecule has 3 heteroatoms. The molecule has 47 heavy (non-hydrogen) atoms. The summed E-state index contributed by atoms with van der Waals surface area (Å²) >= 11 is 1.82. The molecule has 0 radical (unpaired) electrons. The Morgan fingerprint density at radius 2 is 0.936 bits per heavy atom. The summed E-state index contributed by atoms with van der Waals surface area (Å²) < 4.78 is 2.46. The van der Waals surface area contributed by atoms with Crippen LogP contribution in [0.25, 0.3) is 87.1 Å². The van der Waals surface area contributed by atoms with Gasteiger partial charge in [-0.3, -0.25) is 0 Å². The predicted molar refractivity (Wildman–Crippen MR) is 200 cm³/mol. The van der Waals surface area contributed by atoms with Gasteiger partial charge in [-0.1, -0.05) is 152 Å². The highest BCUT2D eigenvalue weighted by atomic mass is 32.1. The fraction of sp³-hybridized carbons (Fsp3) is 0. The van der Waals surface area contributed by atoms with Gasteiger partial charge in [0, 0.05) is 36.9 Å². The molecule has 0 atom stereocenters. The lowest BCUT2D eigenvalue weighted by atomic mass is 9.94. The van der Waals surface area contributed by atoms with Gasteiger partial charge in [-0.15, -0.1) is 11.3 Å². The summed E-state index contributed by atoms with van der Waals surface area (Å²) in [6.07, 6.45) is 0. The SMILES string of the molecule is c1ccc(-c2cc(-c3ccccc3)nc(-c3ccc(-c4ccc(-c5cccc6ccccc56)cc4)c4c3sc3ccccc34)n2)cc1. The second-order valence-electron chi connectivity index (χ2n) is 11.8. The van der Waals surface area contributed by atoms with E-state index in [2.05, 4.69) is 158 Å². The smallest absolute Gasteiger partial charge is 0.161 e. The molecule has 0 aliphatic carbocycles. The van der Waals surface area contributed by atoms with Crippen LogP contribution in [0.5, 0.6) is 0 Å². The zero-order valence-corrected chi connectivity index (χ0v) is 26.3. The van der Waals surface area contributed by atoms with E-state index in [1.165, 1.54) is 53.2 Å². The van der Waals surface area contributed by atoms with Crippen molar-refractivity contribution in [2.45, 2.75) is 0 Å². The van der Waals surface area contributed by atoms with E-state index in [1.807, 2.05) is 23.5 Å². The highest BCUT2D eigenvalue weighted by molar-refractivity contribution is 7.26. The van der Waals surface area contributed by atoms with Crippen LogP contribution in [0.15, 0.2) is 170 Å². The minimum Gasteiger partial charge on any atom is -0.228 e. The van der Waals surface area contributed by atoms with Crippen LogP contribution in [0.4, 0.5) is 0 Å². The van der Waals surface area contributed by atoms with Crippen LogP contribution >= 0.6 is 11.3 Å². The maximum absolute atomic E-state index is 5.19. The summed E-state index contributed by atoms with van der Waals surface area (Å²) in [7, 11) is 0. The van der Waals surface area contributed by atoms with Gasteiger partial charge in [0.25, 0.3) is 0 Å². The Balaban J connectivity index is 1.23.